The molecular weight excluding hydrogens is 288 g/mol. The fourth-order valence-corrected chi connectivity index (χ4v) is 3.02. The Morgan fingerprint density at radius 2 is 1.87 bits per heavy atom. The number of amides is 2. The van der Waals surface area contributed by atoms with Gasteiger partial charge in [-0.25, -0.2) is 9.48 Å². The van der Waals surface area contributed by atoms with Crippen LogP contribution in [-0.2, 0) is 6.54 Å². The van der Waals surface area contributed by atoms with Gasteiger partial charge < -0.3 is 10.6 Å². The van der Waals surface area contributed by atoms with Crippen LogP contribution in [0.3, 0.4) is 0 Å². The van der Waals surface area contributed by atoms with Gasteiger partial charge in [0, 0.05) is 24.3 Å². The molecule has 0 spiro atoms. The van der Waals surface area contributed by atoms with E-state index in [0.717, 1.165) is 24.1 Å². The lowest BCUT2D eigenvalue weighted by molar-refractivity contribution is 0.235. The minimum Gasteiger partial charge on any atom is -0.335 e. The molecule has 1 heterocycles. The van der Waals surface area contributed by atoms with Crippen molar-refractivity contribution in [3.63, 3.8) is 0 Å². The van der Waals surface area contributed by atoms with Gasteiger partial charge in [0.25, 0.3) is 0 Å². The Bertz CT molecular complexity index is 615. The summed E-state index contributed by atoms with van der Waals surface area (Å²) in [6.07, 6.45) is 10.9. The summed E-state index contributed by atoms with van der Waals surface area (Å²) in [6.45, 7) is 0.491. The van der Waals surface area contributed by atoms with E-state index in [2.05, 4.69) is 15.7 Å². The van der Waals surface area contributed by atoms with Gasteiger partial charge in [0.2, 0.25) is 0 Å². The van der Waals surface area contributed by atoms with Crippen LogP contribution in [0.2, 0.25) is 0 Å². The van der Waals surface area contributed by atoms with E-state index in [1.54, 1.807) is 6.20 Å². The fraction of sp³-hybridized carbons (Fsp3) is 0.444. The zero-order chi connectivity index (χ0) is 15.9. The predicted octanol–water partition coefficient (Wildman–Crippen LogP) is 3.39. The molecule has 2 N–H and O–H groups in total. The molecule has 122 valence electrons. The Kier molecular flexibility index (Phi) is 5.29. The number of carbonyl (C=O) groups is 1. The second-order valence-electron chi connectivity index (χ2n) is 6.14. The fourth-order valence-electron chi connectivity index (χ4n) is 3.02. The first-order chi connectivity index (χ1) is 11.3. The summed E-state index contributed by atoms with van der Waals surface area (Å²) in [7, 11) is 0. The van der Waals surface area contributed by atoms with Crippen molar-refractivity contribution >= 4 is 6.03 Å². The molecule has 3 rings (SSSR count). The molecule has 0 bridgehead atoms. The molecule has 1 aliphatic carbocycles. The third-order valence-corrected chi connectivity index (χ3v) is 4.30. The van der Waals surface area contributed by atoms with Gasteiger partial charge in [-0.15, -0.1) is 0 Å². The molecular formula is C18H24N4O. The van der Waals surface area contributed by atoms with E-state index in [-0.39, 0.29) is 6.03 Å². The van der Waals surface area contributed by atoms with Gasteiger partial charge in [-0.2, -0.15) is 5.10 Å². The van der Waals surface area contributed by atoms with Crippen LogP contribution in [0.15, 0.2) is 42.7 Å². The summed E-state index contributed by atoms with van der Waals surface area (Å²) in [5, 5.41) is 10.4. The Hall–Kier alpha value is -2.30. The molecule has 0 atom stereocenters. The van der Waals surface area contributed by atoms with Gasteiger partial charge in [0.15, 0.2) is 0 Å². The number of hydrogen-bond acceptors (Lipinski definition) is 2. The lowest BCUT2D eigenvalue weighted by Gasteiger charge is -2.16. The van der Waals surface area contributed by atoms with Gasteiger partial charge in [-0.3, -0.25) is 0 Å². The summed E-state index contributed by atoms with van der Waals surface area (Å²) >= 11 is 0. The highest BCUT2D eigenvalue weighted by molar-refractivity contribution is 5.74. The SMILES string of the molecule is O=C(NCc1cnn(-c2ccccc2)c1)NC1CCCCCC1. The first kappa shape index (κ1) is 15.6. The van der Waals surface area contributed by atoms with Crippen LogP contribution in [0.4, 0.5) is 4.79 Å². The summed E-state index contributed by atoms with van der Waals surface area (Å²) < 4.78 is 1.82. The molecule has 5 nitrogen and oxygen atoms in total. The molecule has 0 radical (unpaired) electrons. The maximum Gasteiger partial charge on any atom is 0.315 e. The van der Waals surface area contributed by atoms with Crippen LogP contribution in [0.25, 0.3) is 5.69 Å². The number of benzene rings is 1. The van der Waals surface area contributed by atoms with Crippen LogP contribution < -0.4 is 10.6 Å². The van der Waals surface area contributed by atoms with Crippen molar-refractivity contribution < 1.29 is 4.79 Å². The Morgan fingerprint density at radius 3 is 2.61 bits per heavy atom. The number of rotatable bonds is 4. The molecule has 0 aliphatic heterocycles. The first-order valence-corrected chi connectivity index (χ1v) is 8.44. The van der Waals surface area contributed by atoms with Crippen LogP contribution in [0.5, 0.6) is 0 Å². The van der Waals surface area contributed by atoms with E-state index in [1.165, 1.54) is 25.7 Å². The summed E-state index contributed by atoms with van der Waals surface area (Å²) in [6, 6.07) is 10.2. The zero-order valence-corrected chi connectivity index (χ0v) is 13.4. The van der Waals surface area contributed by atoms with Crippen LogP contribution >= 0.6 is 0 Å². The second-order valence-corrected chi connectivity index (χ2v) is 6.14. The molecule has 1 aliphatic rings. The van der Waals surface area contributed by atoms with E-state index in [9.17, 15) is 4.79 Å². The third-order valence-electron chi connectivity index (χ3n) is 4.30. The van der Waals surface area contributed by atoms with Crippen LogP contribution in [0.1, 0.15) is 44.1 Å². The summed E-state index contributed by atoms with van der Waals surface area (Å²) in [5.74, 6) is 0. The average molecular weight is 312 g/mol. The average Bonchev–Trinajstić information content (AvgIpc) is 2.91. The number of urea groups is 1. The Morgan fingerprint density at radius 1 is 1.13 bits per heavy atom. The van der Waals surface area contributed by atoms with Gasteiger partial charge in [-0.05, 0) is 25.0 Å². The van der Waals surface area contributed by atoms with Crippen molar-refractivity contribution in [2.75, 3.05) is 0 Å². The van der Waals surface area contributed by atoms with Crippen molar-refractivity contribution in [2.24, 2.45) is 0 Å². The third kappa shape index (κ3) is 4.58. The quantitative estimate of drug-likeness (QED) is 0.850. The van der Waals surface area contributed by atoms with E-state index in [1.807, 2.05) is 41.2 Å². The molecule has 1 saturated carbocycles. The highest BCUT2D eigenvalue weighted by Crippen LogP contribution is 2.17. The highest BCUT2D eigenvalue weighted by atomic mass is 16.2. The van der Waals surface area contributed by atoms with E-state index in [0.29, 0.717) is 12.6 Å². The monoisotopic (exact) mass is 312 g/mol. The second kappa shape index (κ2) is 7.81. The van der Waals surface area contributed by atoms with Crippen molar-refractivity contribution in [3.8, 4) is 5.69 Å². The Balaban J connectivity index is 1.48. The number of carbonyl (C=O) groups excluding carboxylic acids is 1. The number of hydrogen-bond donors (Lipinski definition) is 2. The number of nitrogens with one attached hydrogen (secondary N) is 2. The topological polar surface area (TPSA) is 59.0 Å². The van der Waals surface area contributed by atoms with Crippen molar-refractivity contribution in [1.82, 2.24) is 20.4 Å². The minimum atomic E-state index is -0.0793. The standard InChI is InChI=1S/C18H24N4O/c23-18(21-16-8-4-1-2-5-9-16)19-12-15-13-20-22(14-15)17-10-6-3-7-11-17/h3,6-7,10-11,13-14,16H,1-2,4-5,8-9,12H2,(H2,19,21,23). The number of nitrogens with zero attached hydrogens (tertiary/aromatic N) is 2. The largest absolute Gasteiger partial charge is 0.335 e. The first-order valence-electron chi connectivity index (χ1n) is 8.44. The molecule has 2 amide bonds. The Labute approximate surface area is 137 Å². The lowest BCUT2D eigenvalue weighted by Crippen LogP contribution is -2.41. The highest BCUT2D eigenvalue weighted by Gasteiger charge is 2.14. The molecule has 1 aromatic carbocycles. The van der Waals surface area contributed by atoms with Crippen LogP contribution in [-0.4, -0.2) is 21.9 Å². The van der Waals surface area contributed by atoms with E-state index >= 15 is 0 Å². The van der Waals surface area contributed by atoms with E-state index < -0.39 is 0 Å². The molecule has 23 heavy (non-hydrogen) atoms. The molecule has 1 fully saturated rings. The number of aromatic nitrogens is 2. The lowest BCUT2D eigenvalue weighted by atomic mass is 10.1. The van der Waals surface area contributed by atoms with Gasteiger partial charge in [0.1, 0.15) is 0 Å². The smallest absolute Gasteiger partial charge is 0.315 e. The van der Waals surface area contributed by atoms with Crippen LogP contribution in [0, 0.1) is 0 Å². The van der Waals surface area contributed by atoms with Crippen molar-refractivity contribution in [2.45, 2.75) is 51.1 Å². The summed E-state index contributed by atoms with van der Waals surface area (Å²) in [4.78, 5) is 12.0. The van der Waals surface area contributed by atoms with Gasteiger partial charge in [0.05, 0.1) is 11.9 Å². The normalized spacial score (nSPS) is 15.8. The van der Waals surface area contributed by atoms with E-state index in [4.69, 9.17) is 0 Å². The molecule has 0 unspecified atom stereocenters. The maximum atomic E-state index is 12.0. The van der Waals surface area contributed by atoms with Gasteiger partial charge >= 0.3 is 6.03 Å². The van der Waals surface area contributed by atoms with Gasteiger partial charge in [-0.1, -0.05) is 43.9 Å². The molecule has 1 aromatic heterocycles. The zero-order valence-electron chi connectivity index (χ0n) is 13.4. The molecule has 2 aromatic rings. The predicted molar refractivity (Wildman–Crippen MR) is 90.4 cm³/mol. The summed E-state index contributed by atoms with van der Waals surface area (Å²) in [5.41, 5.74) is 2.01. The van der Waals surface area contributed by atoms with Crippen molar-refractivity contribution in [3.05, 3.63) is 48.3 Å². The maximum absolute atomic E-state index is 12.0. The van der Waals surface area contributed by atoms with Crippen molar-refractivity contribution in [1.29, 1.82) is 0 Å². The molecule has 0 saturated heterocycles. The number of para-hydroxylation sites is 1. The minimum absolute atomic E-state index is 0.0793. The molecule has 5 heteroatoms.